The van der Waals surface area contributed by atoms with Crippen molar-refractivity contribution in [3.05, 3.63) is 136 Å². The van der Waals surface area contributed by atoms with Crippen molar-refractivity contribution < 1.29 is 0 Å². The van der Waals surface area contributed by atoms with Gasteiger partial charge in [0.2, 0.25) is 0 Å². The summed E-state index contributed by atoms with van der Waals surface area (Å²) in [5, 5.41) is 0. The van der Waals surface area contributed by atoms with E-state index in [9.17, 15) is 0 Å². The summed E-state index contributed by atoms with van der Waals surface area (Å²) in [6, 6.07) is 40.5. The molecule has 2 heteroatoms. The van der Waals surface area contributed by atoms with Gasteiger partial charge >= 0.3 is 0 Å². The lowest BCUT2D eigenvalue weighted by Gasteiger charge is -2.44. The fraction of sp³-hybridized carbons (Fsp3) is 0.286. The van der Waals surface area contributed by atoms with Gasteiger partial charge in [-0.15, -0.1) is 0 Å². The standard InChI is InChI=1S/C42H42BrN/c1-39(2)34-17-13-12-16-31(34)32-23-22-30(24-35(32)39)44(28-14-10-9-11-15-28)29-20-18-27(19-21-29)33-25-36-37(26-38(33)43)41(5,6)42(7,8)40(36,3)4/h9-26H,1-8H3. The van der Waals surface area contributed by atoms with E-state index in [2.05, 4.69) is 185 Å². The van der Waals surface area contributed by atoms with Crippen LogP contribution in [0.5, 0.6) is 0 Å². The van der Waals surface area contributed by atoms with E-state index in [1.54, 1.807) is 0 Å². The van der Waals surface area contributed by atoms with Crippen molar-refractivity contribution in [2.24, 2.45) is 5.41 Å². The van der Waals surface area contributed by atoms with E-state index in [1.165, 1.54) is 50.2 Å². The van der Waals surface area contributed by atoms with Gasteiger partial charge < -0.3 is 4.90 Å². The lowest BCUT2D eigenvalue weighted by Crippen LogP contribution is -2.42. The Labute approximate surface area is 272 Å². The van der Waals surface area contributed by atoms with Crippen LogP contribution in [-0.2, 0) is 16.2 Å². The Balaban J connectivity index is 1.31. The van der Waals surface area contributed by atoms with Gasteiger partial charge in [-0.25, -0.2) is 0 Å². The molecule has 0 unspecified atom stereocenters. The molecule has 2 aliphatic carbocycles. The van der Waals surface area contributed by atoms with Gasteiger partial charge in [-0.2, -0.15) is 0 Å². The first-order valence-electron chi connectivity index (χ1n) is 15.8. The molecule has 7 rings (SSSR count). The number of rotatable bonds is 4. The minimum atomic E-state index is -0.0507. The van der Waals surface area contributed by atoms with Crippen molar-refractivity contribution in [3.8, 4) is 22.3 Å². The van der Waals surface area contributed by atoms with Crippen LogP contribution in [0.3, 0.4) is 0 Å². The molecule has 0 saturated carbocycles. The normalized spacial score (nSPS) is 17.9. The molecule has 0 atom stereocenters. The van der Waals surface area contributed by atoms with Gasteiger partial charge in [0.05, 0.1) is 0 Å². The van der Waals surface area contributed by atoms with Crippen molar-refractivity contribution in [1.82, 2.24) is 0 Å². The summed E-state index contributed by atoms with van der Waals surface area (Å²) in [6.07, 6.45) is 0. The highest BCUT2D eigenvalue weighted by Gasteiger charge is 2.57. The third-order valence-corrected chi connectivity index (χ3v) is 12.5. The van der Waals surface area contributed by atoms with Crippen molar-refractivity contribution in [3.63, 3.8) is 0 Å². The molecular weight excluding hydrogens is 598 g/mol. The molecule has 0 fully saturated rings. The van der Waals surface area contributed by atoms with Gasteiger partial charge in [-0.3, -0.25) is 0 Å². The highest BCUT2D eigenvalue weighted by Crippen LogP contribution is 2.62. The van der Waals surface area contributed by atoms with Gasteiger partial charge in [0.25, 0.3) is 0 Å². The summed E-state index contributed by atoms with van der Waals surface area (Å²) in [5.41, 5.74) is 14.6. The van der Waals surface area contributed by atoms with Crippen LogP contribution in [0.2, 0.25) is 0 Å². The average molecular weight is 641 g/mol. The number of fused-ring (bicyclic) bond motifs is 4. The maximum absolute atomic E-state index is 3.98. The Morgan fingerprint density at radius 2 is 1.00 bits per heavy atom. The number of halogens is 1. The number of hydrogen-bond acceptors (Lipinski definition) is 1. The predicted molar refractivity (Wildman–Crippen MR) is 192 cm³/mol. The number of benzene rings is 5. The molecule has 0 amide bonds. The fourth-order valence-corrected chi connectivity index (χ4v) is 8.50. The molecule has 0 bridgehead atoms. The fourth-order valence-electron chi connectivity index (χ4n) is 7.93. The van der Waals surface area contributed by atoms with Crippen LogP contribution >= 0.6 is 15.9 Å². The zero-order chi connectivity index (χ0) is 31.2. The van der Waals surface area contributed by atoms with E-state index in [-0.39, 0.29) is 21.7 Å². The molecule has 0 spiro atoms. The topological polar surface area (TPSA) is 3.24 Å². The second kappa shape index (κ2) is 9.69. The molecule has 2 aliphatic rings. The first kappa shape index (κ1) is 29.1. The average Bonchev–Trinajstić information content (AvgIpc) is 3.29. The Bertz CT molecular complexity index is 1910. The van der Waals surface area contributed by atoms with E-state index in [0.717, 1.165) is 15.8 Å². The molecule has 1 nitrogen and oxygen atoms in total. The minimum Gasteiger partial charge on any atom is -0.310 e. The summed E-state index contributed by atoms with van der Waals surface area (Å²) < 4.78 is 1.16. The van der Waals surface area contributed by atoms with Crippen molar-refractivity contribution >= 4 is 33.0 Å². The maximum atomic E-state index is 3.98. The number of hydrogen-bond donors (Lipinski definition) is 0. The molecule has 0 aliphatic heterocycles. The second-order valence-corrected chi connectivity index (χ2v) is 15.7. The van der Waals surface area contributed by atoms with Gasteiger partial charge in [0, 0.05) is 26.9 Å². The second-order valence-electron chi connectivity index (χ2n) is 14.9. The molecular formula is C42H42BrN. The van der Waals surface area contributed by atoms with Gasteiger partial charge in [0.1, 0.15) is 0 Å². The van der Waals surface area contributed by atoms with Gasteiger partial charge in [0.15, 0.2) is 0 Å². The summed E-state index contributed by atoms with van der Waals surface area (Å²) in [5.74, 6) is 0. The van der Waals surface area contributed by atoms with Crippen molar-refractivity contribution in [2.45, 2.75) is 71.6 Å². The molecule has 0 heterocycles. The predicted octanol–water partition coefficient (Wildman–Crippen LogP) is 12.5. The number of para-hydroxylation sites is 1. The summed E-state index contributed by atoms with van der Waals surface area (Å²) in [6.45, 7) is 19.2. The number of nitrogens with zero attached hydrogens (tertiary/aromatic N) is 1. The van der Waals surface area contributed by atoms with Crippen LogP contribution in [-0.4, -0.2) is 0 Å². The molecule has 5 aromatic carbocycles. The van der Waals surface area contributed by atoms with Crippen molar-refractivity contribution in [2.75, 3.05) is 4.90 Å². The summed E-state index contributed by atoms with van der Waals surface area (Å²) >= 11 is 3.98. The SMILES string of the molecule is CC1(C)c2ccccc2-c2ccc(N(c3ccccc3)c3ccc(-c4cc5c(cc4Br)C(C)(C)C(C)(C)C5(C)C)cc3)cc21. The first-order chi connectivity index (χ1) is 20.8. The van der Waals surface area contributed by atoms with Crippen LogP contribution in [0.15, 0.2) is 114 Å². The molecule has 5 aromatic rings. The Morgan fingerprint density at radius 3 is 1.68 bits per heavy atom. The van der Waals surface area contributed by atoms with Crippen LogP contribution in [0.1, 0.15) is 77.6 Å². The van der Waals surface area contributed by atoms with Crippen LogP contribution in [0.4, 0.5) is 17.1 Å². The zero-order valence-corrected chi connectivity index (χ0v) is 28.8. The van der Waals surface area contributed by atoms with Crippen LogP contribution < -0.4 is 4.90 Å². The lowest BCUT2D eigenvalue weighted by atomic mass is 9.59. The quantitative estimate of drug-likeness (QED) is 0.189. The Morgan fingerprint density at radius 1 is 0.455 bits per heavy atom. The van der Waals surface area contributed by atoms with Crippen molar-refractivity contribution in [1.29, 1.82) is 0 Å². The lowest BCUT2D eigenvalue weighted by molar-refractivity contribution is 0.125. The van der Waals surface area contributed by atoms with E-state index in [0.29, 0.717) is 0 Å². The minimum absolute atomic E-state index is 0.0507. The summed E-state index contributed by atoms with van der Waals surface area (Å²) in [4.78, 5) is 2.38. The van der Waals surface area contributed by atoms with E-state index in [4.69, 9.17) is 0 Å². The van der Waals surface area contributed by atoms with E-state index < -0.39 is 0 Å². The summed E-state index contributed by atoms with van der Waals surface area (Å²) in [7, 11) is 0. The van der Waals surface area contributed by atoms with Gasteiger partial charge in [-0.05, 0) is 109 Å². The highest BCUT2D eigenvalue weighted by molar-refractivity contribution is 9.10. The van der Waals surface area contributed by atoms with Crippen LogP contribution in [0.25, 0.3) is 22.3 Å². The highest BCUT2D eigenvalue weighted by atomic mass is 79.9. The third-order valence-electron chi connectivity index (χ3n) is 11.9. The monoisotopic (exact) mass is 639 g/mol. The van der Waals surface area contributed by atoms with E-state index >= 15 is 0 Å². The molecule has 0 aromatic heterocycles. The van der Waals surface area contributed by atoms with E-state index in [1.807, 2.05) is 0 Å². The number of anilines is 3. The largest absolute Gasteiger partial charge is 0.310 e. The molecule has 0 N–H and O–H groups in total. The zero-order valence-electron chi connectivity index (χ0n) is 27.2. The van der Waals surface area contributed by atoms with Crippen LogP contribution in [0, 0.1) is 5.41 Å². The molecule has 222 valence electrons. The van der Waals surface area contributed by atoms with Gasteiger partial charge in [-0.1, -0.05) is 132 Å². The maximum Gasteiger partial charge on any atom is 0.0465 e. The Hall–Kier alpha value is -3.62. The molecule has 44 heavy (non-hydrogen) atoms. The first-order valence-corrected chi connectivity index (χ1v) is 16.6. The molecule has 0 radical (unpaired) electrons. The smallest absolute Gasteiger partial charge is 0.0465 e. The third kappa shape index (κ3) is 3.96. The molecule has 0 saturated heterocycles. The Kier molecular flexibility index (Phi) is 6.41.